The molecule has 1 atom stereocenters. The smallest absolute Gasteiger partial charge is 0.253 e. The molecule has 0 aromatic rings. The Morgan fingerprint density at radius 1 is 1.19 bits per heavy atom. The van der Waals surface area contributed by atoms with Gasteiger partial charge >= 0.3 is 0 Å². The second kappa shape index (κ2) is 7.56. The topological polar surface area (TPSA) is 110 Å². The van der Waals surface area contributed by atoms with E-state index in [0.717, 1.165) is 4.90 Å². The van der Waals surface area contributed by atoms with Gasteiger partial charge in [0.2, 0.25) is 11.8 Å². The Labute approximate surface area is 123 Å². The van der Waals surface area contributed by atoms with Crippen molar-refractivity contribution in [2.45, 2.75) is 39.2 Å². The number of primary amides is 1. The second-order valence-electron chi connectivity index (χ2n) is 5.31. The van der Waals surface area contributed by atoms with Crippen molar-refractivity contribution in [3.8, 4) is 0 Å². The molecule has 0 fully saturated rings. The third-order valence-corrected chi connectivity index (χ3v) is 3.23. The van der Waals surface area contributed by atoms with E-state index in [1.54, 1.807) is 13.8 Å². The standard InChI is InChI=1S/C14H21N3O4/c1-9(2)13(14(15)21)16-10(18)5-3-4-8-17-11(19)6-7-12(17)20/h6-7,9,13H,3-5,8H2,1-2H3,(H2,15,21)(H,16,18)/t13-/m0/s1. The van der Waals surface area contributed by atoms with Gasteiger partial charge in [-0.3, -0.25) is 24.1 Å². The van der Waals surface area contributed by atoms with Crippen molar-refractivity contribution in [3.63, 3.8) is 0 Å². The second-order valence-corrected chi connectivity index (χ2v) is 5.31. The van der Waals surface area contributed by atoms with Gasteiger partial charge < -0.3 is 11.1 Å². The molecule has 0 aliphatic carbocycles. The van der Waals surface area contributed by atoms with Gasteiger partial charge in [-0.15, -0.1) is 0 Å². The summed E-state index contributed by atoms with van der Waals surface area (Å²) in [4.78, 5) is 46.6. The first-order valence-electron chi connectivity index (χ1n) is 6.95. The number of imide groups is 1. The number of amides is 4. The van der Waals surface area contributed by atoms with Crippen LogP contribution < -0.4 is 11.1 Å². The summed E-state index contributed by atoms with van der Waals surface area (Å²) in [7, 11) is 0. The van der Waals surface area contributed by atoms with Crippen LogP contribution in [0.15, 0.2) is 12.2 Å². The highest BCUT2D eigenvalue weighted by atomic mass is 16.2. The van der Waals surface area contributed by atoms with Gasteiger partial charge in [0.15, 0.2) is 0 Å². The van der Waals surface area contributed by atoms with Gasteiger partial charge in [0, 0.05) is 25.1 Å². The quantitative estimate of drug-likeness (QED) is 0.473. The van der Waals surface area contributed by atoms with Gasteiger partial charge in [0.05, 0.1) is 0 Å². The number of carbonyl (C=O) groups is 4. The lowest BCUT2D eigenvalue weighted by molar-refractivity contribution is -0.136. The monoisotopic (exact) mass is 295 g/mol. The van der Waals surface area contributed by atoms with Crippen LogP contribution in [-0.4, -0.2) is 41.1 Å². The molecule has 1 rings (SSSR count). The minimum Gasteiger partial charge on any atom is -0.368 e. The van der Waals surface area contributed by atoms with Gasteiger partial charge in [-0.05, 0) is 18.8 Å². The van der Waals surface area contributed by atoms with Crippen LogP contribution in [0.2, 0.25) is 0 Å². The molecule has 1 heterocycles. The molecule has 1 aliphatic rings. The van der Waals surface area contributed by atoms with Crippen molar-refractivity contribution in [1.82, 2.24) is 10.2 Å². The highest BCUT2D eigenvalue weighted by Crippen LogP contribution is 2.07. The molecule has 0 spiro atoms. The molecule has 0 bridgehead atoms. The molecular weight excluding hydrogens is 274 g/mol. The van der Waals surface area contributed by atoms with E-state index in [0.29, 0.717) is 19.4 Å². The molecular formula is C14H21N3O4. The van der Waals surface area contributed by atoms with Crippen molar-refractivity contribution in [2.24, 2.45) is 11.7 Å². The van der Waals surface area contributed by atoms with Crippen molar-refractivity contribution in [1.29, 1.82) is 0 Å². The Kier molecular flexibility index (Phi) is 6.08. The zero-order chi connectivity index (χ0) is 16.0. The summed E-state index contributed by atoms with van der Waals surface area (Å²) in [5.74, 6) is -1.53. The normalized spacial score (nSPS) is 15.7. The molecule has 7 nitrogen and oxygen atoms in total. The number of unbranched alkanes of at least 4 members (excludes halogenated alkanes) is 1. The molecule has 3 N–H and O–H groups in total. The number of nitrogens with zero attached hydrogens (tertiary/aromatic N) is 1. The van der Waals surface area contributed by atoms with Gasteiger partial charge in [-0.1, -0.05) is 13.8 Å². The molecule has 7 heteroatoms. The van der Waals surface area contributed by atoms with E-state index in [1.165, 1.54) is 12.2 Å². The minimum absolute atomic E-state index is 0.0719. The maximum atomic E-state index is 11.7. The van der Waals surface area contributed by atoms with Crippen molar-refractivity contribution >= 4 is 23.6 Å². The third-order valence-electron chi connectivity index (χ3n) is 3.23. The largest absolute Gasteiger partial charge is 0.368 e. The number of nitrogens with one attached hydrogen (secondary N) is 1. The first-order chi connectivity index (χ1) is 9.82. The maximum absolute atomic E-state index is 11.7. The van der Waals surface area contributed by atoms with E-state index in [2.05, 4.69) is 5.32 Å². The fourth-order valence-electron chi connectivity index (χ4n) is 2.02. The first-order valence-corrected chi connectivity index (χ1v) is 6.95. The molecule has 116 valence electrons. The lowest BCUT2D eigenvalue weighted by Gasteiger charge is -2.19. The Balaban J connectivity index is 2.26. The van der Waals surface area contributed by atoms with Crippen LogP contribution in [-0.2, 0) is 19.2 Å². The molecule has 0 aromatic heterocycles. The van der Waals surface area contributed by atoms with Gasteiger partial charge in [0.25, 0.3) is 11.8 Å². The SMILES string of the molecule is CC(C)[C@H](NC(=O)CCCCN1C(=O)C=CC1=O)C(N)=O. The number of rotatable bonds is 8. The average Bonchev–Trinajstić information content (AvgIpc) is 2.71. The van der Waals surface area contributed by atoms with Gasteiger partial charge in [0.1, 0.15) is 6.04 Å². The van der Waals surface area contributed by atoms with Gasteiger partial charge in [-0.25, -0.2) is 0 Å². The predicted molar refractivity (Wildman–Crippen MR) is 75.7 cm³/mol. The van der Waals surface area contributed by atoms with Crippen molar-refractivity contribution in [3.05, 3.63) is 12.2 Å². The summed E-state index contributed by atoms with van der Waals surface area (Å²) in [5.41, 5.74) is 5.21. The first kappa shape index (κ1) is 16.9. The predicted octanol–water partition coefficient (Wildman–Crippen LogP) is -0.292. The van der Waals surface area contributed by atoms with E-state index in [4.69, 9.17) is 5.73 Å². The van der Waals surface area contributed by atoms with Crippen LogP contribution in [0.4, 0.5) is 0 Å². The van der Waals surface area contributed by atoms with E-state index in [-0.39, 0.29) is 30.1 Å². The van der Waals surface area contributed by atoms with E-state index in [9.17, 15) is 19.2 Å². The van der Waals surface area contributed by atoms with Crippen LogP contribution in [0.1, 0.15) is 33.1 Å². The zero-order valence-electron chi connectivity index (χ0n) is 12.3. The fraction of sp³-hybridized carbons (Fsp3) is 0.571. The Hall–Kier alpha value is -2.18. The highest BCUT2D eigenvalue weighted by Gasteiger charge is 2.23. The summed E-state index contributed by atoms with van der Waals surface area (Å²) in [5, 5.41) is 2.59. The van der Waals surface area contributed by atoms with E-state index >= 15 is 0 Å². The van der Waals surface area contributed by atoms with Crippen LogP contribution >= 0.6 is 0 Å². The highest BCUT2D eigenvalue weighted by molar-refractivity contribution is 6.12. The molecule has 0 aromatic carbocycles. The average molecular weight is 295 g/mol. The zero-order valence-corrected chi connectivity index (χ0v) is 12.3. The van der Waals surface area contributed by atoms with E-state index in [1.807, 2.05) is 0 Å². The van der Waals surface area contributed by atoms with Crippen molar-refractivity contribution < 1.29 is 19.2 Å². The summed E-state index contributed by atoms with van der Waals surface area (Å²) < 4.78 is 0. The summed E-state index contributed by atoms with van der Waals surface area (Å²) in [6, 6.07) is -0.677. The molecule has 0 saturated heterocycles. The van der Waals surface area contributed by atoms with Crippen LogP contribution in [0.3, 0.4) is 0 Å². The number of hydrogen-bond donors (Lipinski definition) is 2. The van der Waals surface area contributed by atoms with E-state index < -0.39 is 11.9 Å². The Bertz CT molecular complexity index is 453. The number of hydrogen-bond acceptors (Lipinski definition) is 4. The summed E-state index contributed by atoms with van der Waals surface area (Å²) in [6.45, 7) is 3.89. The third kappa shape index (κ3) is 5.02. The minimum atomic E-state index is -0.677. The summed E-state index contributed by atoms with van der Waals surface area (Å²) in [6.07, 6.45) is 3.74. The Morgan fingerprint density at radius 3 is 2.24 bits per heavy atom. The van der Waals surface area contributed by atoms with Crippen LogP contribution in [0.25, 0.3) is 0 Å². The molecule has 1 aliphatic heterocycles. The van der Waals surface area contributed by atoms with Crippen molar-refractivity contribution in [2.75, 3.05) is 6.54 Å². The fourth-order valence-corrected chi connectivity index (χ4v) is 2.02. The molecule has 4 amide bonds. The lowest BCUT2D eigenvalue weighted by atomic mass is 10.0. The Morgan fingerprint density at radius 2 is 1.76 bits per heavy atom. The van der Waals surface area contributed by atoms with Crippen LogP contribution in [0.5, 0.6) is 0 Å². The van der Waals surface area contributed by atoms with Gasteiger partial charge in [-0.2, -0.15) is 0 Å². The summed E-state index contributed by atoms with van der Waals surface area (Å²) >= 11 is 0. The van der Waals surface area contributed by atoms with Crippen LogP contribution in [0, 0.1) is 5.92 Å². The molecule has 21 heavy (non-hydrogen) atoms. The number of nitrogens with two attached hydrogens (primary N) is 1. The molecule has 0 saturated carbocycles. The maximum Gasteiger partial charge on any atom is 0.253 e. The number of carbonyl (C=O) groups excluding carboxylic acids is 4. The molecule has 0 unspecified atom stereocenters. The molecule has 0 radical (unpaired) electrons. The lowest BCUT2D eigenvalue weighted by Crippen LogP contribution is -2.47.